The van der Waals surface area contributed by atoms with Crippen LogP contribution >= 0.6 is 0 Å². The molecular weight excluding hydrogens is 336 g/mol. The zero-order valence-corrected chi connectivity index (χ0v) is 15.8. The smallest absolute Gasteiger partial charge is 0.119 e. The standard InChI is InChI=1S/C22H30N4O/c23-21(25-24)12-7-15-26-16-13-20(14-17-26)27-22(18-8-3-1-4-9-18)19-10-5-2-6-11-19/h1-6,8-11,20,22H,7,12-17,24H2,(H2,23,25). The fourth-order valence-electron chi connectivity index (χ4n) is 3.61. The molecule has 0 spiro atoms. The van der Waals surface area contributed by atoms with Crippen molar-refractivity contribution in [1.82, 2.24) is 4.90 Å². The van der Waals surface area contributed by atoms with Crippen LogP contribution in [0.15, 0.2) is 65.8 Å². The first-order valence-electron chi connectivity index (χ1n) is 9.76. The summed E-state index contributed by atoms with van der Waals surface area (Å²) in [6.45, 7) is 3.14. The van der Waals surface area contributed by atoms with Gasteiger partial charge < -0.3 is 21.2 Å². The summed E-state index contributed by atoms with van der Waals surface area (Å²) in [5.74, 6) is 5.71. The molecule has 0 atom stereocenters. The van der Waals surface area contributed by atoms with Crippen LogP contribution in [0, 0.1) is 0 Å². The molecule has 1 saturated heterocycles. The molecular formula is C22H30N4O. The molecule has 0 radical (unpaired) electrons. The van der Waals surface area contributed by atoms with Gasteiger partial charge in [-0.05, 0) is 36.9 Å². The zero-order chi connectivity index (χ0) is 18.9. The third kappa shape index (κ3) is 5.81. The van der Waals surface area contributed by atoms with Crippen LogP contribution < -0.4 is 11.6 Å². The van der Waals surface area contributed by atoms with Gasteiger partial charge in [-0.3, -0.25) is 0 Å². The maximum Gasteiger partial charge on any atom is 0.119 e. The molecule has 0 aliphatic carbocycles. The SMILES string of the molecule is N/N=C(\N)CCCN1CCC(OC(c2ccccc2)c2ccccc2)CC1. The summed E-state index contributed by atoms with van der Waals surface area (Å²) < 4.78 is 6.59. The van der Waals surface area contributed by atoms with Crippen LogP contribution in [0.1, 0.15) is 42.9 Å². The number of benzene rings is 2. The molecule has 5 heteroatoms. The third-order valence-electron chi connectivity index (χ3n) is 5.14. The average Bonchev–Trinajstić information content (AvgIpc) is 2.74. The fraction of sp³-hybridized carbons (Fsp3) is 0.409. The molecule has 144 valence electrons. The predicted molar refractivity (Wildman–Crippen MR) is 110 cm³/mol. The van der Waals surface area contributed by atoms with Crippen LogP contribution in [0.5, 0.6) is 0 Å². The number of ether oxygens (including phenoxy) is 1. The zero-order valence-electron chi connectivity index (χ0n) is 15.8. The molecule has 2 aromatic rings. The topological polar surface area (TPSA) is 76.9 Å². The second-order valence-electron chi connectivity index (χ2n) is 7.10. The van der Waals surface area contributed by atoms with Crippen molar-refractivity contribution in [1.29, 1.82) is 0 Å². The summed E-state index contributed by atoms with van der Waals surface area (Å²) in [6, 6.07) is 21.0. The highest BCUT2D eigenvalue weighted by Crippen LogP contribution is 2.29. The Hall–Kier alpha value is -2.37. The van der Waals surface area contributed by atoms with Gasteiger partial charge in [0.2, 0.25) is 0 Å². The number of piperidine rings is 1. The van der Waals surface area contributed by atoms with Crippen molar-refractivity contribution in [3.05, 3.63) is 71.8 Å². The van der Waals surface area contributed by atoms with E-state index in [0.717, 1.165) is 45.3 Å². The Labute approximate surface area is 162 Å². The van der Waals surface area contributed by atoms with Crippen LogP contribution in [0.3, 0.4) is 0 Å². The molecule has 1 fully saturated rings. The van der Waals surface area contributed by atoms with Gasteiger partial charge in [0.1, 0.15) is 11.9 Å². The van der Waals surface area contributed by atoms with Crippen molar-refractivity contribution in [2.75, 3.05) is 19.6 Å². The highest BCUT2D eigenvalue weighted by molar-refractivity contribution is 5.79. The number of likely N-dealkylation sites (tertiary alicyclic amines) is 1. The summed E-state index contributed by atoms with van der Waals surface area (Å²) in [5, 5.41) is 3.53. The molecule has 2 aromatic carbocycles. The minimum atomic E-state index is -0.00971. The van der Waals surface area contributed by atoms with Gasteiger partial charge in [-0.2, -0.15) is 5.10 Å². The Bertz CT molecular complexity index is 657. The van der Waals surface area contributed by atoms with E-state index in [2.05, 4.69) is 58.5 Å². The summed E-state index contributed by atoms with van der Waals surface area (Å²) in [4.78, 5) is 2.48. The van der Waals surface area contributed by atoms with Crippen molar-refractivity contribution >= 4 is 5.84 Å². The molecule has 0 bridgehead atoms. The van der Waals surface area contributed by atoms with E-state index >= 15 is 0 Å². The third-order valence-corrected chi connectivity index (χ3v) is 5.14. The van der Waals surface area contributed by atoms with Crippen LogP contribution in [-0.2, 0) is 4.74 Å². The molecule has 0 aromatic heterocycles. The minimum absolute atomic E-state index is 0.00971. The van der Waals surface area contributed by atoms with Gasteiger partial charge >= 0.3 is 0 Å². The number of amidine groups is 1. The largest absolute Gasteiger partial charge is 0.386 e. The summed E-state index contributed by atoms with van der Waals surface area (Å²) in [5.41, 5.74) is 8.08. The van der Waals surface area contributed by atoms with E-state index in [1.54, 1.807) is 0 Å². The van der Waals surface area contributed by atoms with Gasteiger partial charge in [0.15, 0.2) is 0 Å². The quantitative estimate of drug-likeness (QED) is 0.325. The van der Waals surface area contributed by atoms with E-state index in [1.165, 1.54) is 11.1 Å². The predicted octanol–water partition coefficient (Wildman–Crippen LogP) is 3.27. The van der Waals surface area contributed by atoms with Crippen LogP contribution in [0.4, 0.5) is 0 Å². The number of hydrogen-bond donors (Lipinski definition) is 2. The molecule has 1 aliphatic rings. The molecule has 3 rings (SSSR count). The Morgan fingerprint density at radius 3 is 2.07 bits per heavy atom. The van der Waals surface area contributed by atoms with Crippen molar-refractivity contribution in [2.45, 2.75) is 37.9 Å². The first-order valence-corrected chi connectivity index (χ1v) is 9.76. The summed E-state index contributed by atoms with van der Waals surface area (Å²) >= 11 is 0. The number of nitrogens with zero attached hydrogens (tertiary/aromatic N) is 2. The maximum absolute atomic E-state index is 6.59. The maximum atomic E-state index is 6.59. The van der Waals surface area contributed by atoms with Crippen molar-refractivity contribution in [2.24, 2.45) is 16.7 Å². The molecule has 4 N–H and O–H groups in total. The molecule has 0 amide bonds. The summed E-state index contributed by atoms with van der Waals surface area (Å²) in [6.07, 6.45) is 4.13. The van der Waals surface area contributed by atoms with Crippen molar-refractivity contribution in [3.63, 3.8) is 0 Å². The molecule has 1 heterocycles. The van der Waals surface area contributed by atoms with E-state index < -0.39 is 0 Å². The van der Waals surface area contributed by atoms with Gasteiger partial charge in [-0.15, -0.1) is 0 Å². The van der Waals surface area contributed by atoms with Gasteiger partial charge in [0.25, 0.3) is 0 Å². The Kier molecular flexibility index (Phi) is 7.25. The molecule has 0 saturated carbocycles. The number of hydrogen-bond acceptors (Lipinski definition) is 4. The van der Waals surface area contributed by atoms with Gasteiger partial charge in [-0.25, -0.2) is 0 Å². The summed E-state index contributed by atoms with van der Waals surface area (Å²) in [7, 11) is 0. The first kappa shape index (κ1) is 19.4. The van der Waals surface area contributed by atoms with Crippen LogP contribution in [0.2, 0.25) is 0 Å². The minimum Gasteiger partial charge on any atom is -0.386 e. The average molecular weight is 367 g/mol. The highest BCUT2D eigenvalue weighted by atomic mass is 16.5. The Balaban J connectivity index is 1.55. The van der Waals surface area contributed by atoms with E-state index in [1.807, 2.05) is 12.1 Å². The lowest BCUT2D eigenvalue weighted by molar-refractivity contribution is -0.0269. The molecule has 0 unspecified atom stereocenters. The molecule has 5 nitrogen and oxygen atoms in total. The number of rotatable bonds is 8. The van der Waals surface area contributed by atoms with E-state index in [-0.39, 0.29) is 12.2 Å². The molecule has 27 heavy (non-hydrogen) atoms. The second kappa shape index (κ2) is 10.1. The number of hydrazone groups is 1. The van der Waals surface area contributed by atoms with Crippen molar-refractivity contribution in [3.8, 4) is 0 Å². The highest BCUT2D eigenvalue weighted by Gasteiger charge is 2.24. The van der Waals surface area contributed by atoms with Gasteiger partial charge in [0.05, 0.1) is 6.10 Å². The fourth-order valence-corrected chi connectivity index (χ4v) is 3.61. The van der Waals surface area contributed by atoms with E-state index in [4.69, 9.17) is 16.3 Å². The Morgan fingerprint density at radius 2 is 1.56 bits per heavy atom. The first-order chi connectivity index (χ1) is 13.3. The Morgan fingerprint density at radius 1 is 1.00 bits per heavy atom. The lowest BCUT2D eigenvalue weighted by Gasteiger charge is -2.34. The van der Waals surface area contributed by atoms with Gasteiger partial charge in [-0.1, -0.05) is 60.7 Å². The van der Waals surface area contributed by atoms with Crippen LogP contribution in [-0.4, -0.2) is 36.5 Å². The van der Waals surface area contributed by atoms with E-state index in [0.29, 0.717) is 5.84 Å². The normalized spacial score (nSPS) is 16.7. The number of nitrogens with two attached hydrogens (primary N) is 2. The monoisotopic (exact) mass is 366 g/mol. The van der Waals surface area contributed by atoms with E-state index in [9.17, 15) is 0 Å². The van der Waals surface area contributed by atoms with Crippen molar-refractivity contribution < 1.29 is 4.74 Å². The lowest BCUT2D eigenvalue weighted by Crippen LogP contribution is -2.38. The van der Waals surface area contributed by atoms with Gasteiger partial charge in [0, 0.05) is 19.5 Å². The lowest BCUT2D eigenvalue weighted by atomic mass is 10.00. The molecule has 1 aliphatic heterocycles. The van der Waals surface area contributed by atoms with Crippen LogP contribution in [0.25, 0.3) is 0 Å². The second-order valence-corrected chi connectivity index (χ2v) is 7.10.